The number of carbonyl (C=O) groups is 2. The van der Waals surface area contributed by atoms with Gasteiger partial charge in [0.05, 0.1) is 6.61 Å². The monoisotopic (exact) mass is 264 g/mol. The van der Waals surface area contributed by atoms with Gasteiger partial charge in [-0.15, -0.1) is 0 Å². The van der Waals surface area contributed by atoms with Crippen LogP contribution in [0.4, 0.5) is 0 Å². The van der Waals surface area contributed by atoms with Crippen molar-refractivity contribution in [3.63, 3.8) is 0 Å². The molecule has 4 unspecified atom stereocenters. The molecular weight excluding hydrogens is 244 g/mol. The molecule has 0 N–H and O–H groups in total. The van der Waals surface area contributed by atoms with Gasteiger partial charge in [-0.25, -0.2) is 9.59 Å². The van der Waals surface area contributed by atoms with Crippen molar-refractivity contribution in [3.8, 4) is 0 Å². The highest BCUT2D eigenvalue weighted by Crippen LogP contribution is 2.50. The largest absolute Gasteiger partial charge is 0.463 e. The topological polar surface area (TPSA) is 52.6 Å². The summed E-state index contributed by atoms with van der Waals surface area (Å²) >= 11 is 0. The van der Waals surface area contributed by atoms with Gasteiger partial charge in [0, 0.05) is 12.2 Å². The van der Waals surface area contributed by atoms with Gasteiger partial charge in [0.1, 0.15) is 6.10 Å². The Kier molecular flexibility index (Phi) is 4.40. The van der Waals surface area contributed by atoms with Crippen molar-refractivity contribution in [3.05, 3.63) is 25.3 Å². The summed E-state index contributed by atoms with van der Waals surface area (Å²) in [6, 6.07) is 0. The molecular formula is C15H20O4. The van der Waals surface area contributed by atoms with E-state index in [-0.39, 0.29) is 18.0 Å². The van der Waals surface area contributed by atoms with Crippen LogP contribution in [0.25, 0.3) is 0 Å². The second-order valence-corrected chi connectivity index (χ2v) is 5.34. The van der Waals surface area contributed by atoms with E-state index in [0.29, 0.717) is 24.4 Å². The Labute approximate surface area is 113 Å². The summed E-state index contributed by atoms with van der Waals surface area (Å²) in [5.74, 6) is 0.829. The maximum atomic E-state index is 11.3. The third kappa shape index (κ3) is 3.25. The van der Waals surface area contributed by atoms with Crippen LogP contribution >= 0.6 is 0 Å². The van der Waals surface area contributed by atoms with Gasteiger partial charge < -0.3 is 9.47 Å². The van der Waals surface area contributed by atoms with E-state index in [4.69, 9.17) is 9.47 Å². The molecule has 4 heteroatoms. The Bertz CT molecular complexity index is 388. The zero-order chi connectivity index (χ0) is 13.8. The minimum absolute atomic E-state index is 0.0179. The zero-order valence-electron chi connectivity index (χ0n) is 11.0. The molecule has 0 amide bonds. The van der Waals surface area contributed by atoms with Gasteiger partial charge in [-0.3, -0.25) is 0 Å². The first-order chi connectivity index (χ1) is 9.13. The summed E-state index contributed by atoms with van der Waals surface area (Å²) < 4.78 is 10.4. The lowest BCUT2D eigenvalue weighted by Gasteiger charge is -2.28. The molecule has 2 fully saturated rings. The van der Waals surface area contributed by atoms with Crippen molar-refractivity contribution in [1.82, 2.24) is 0 Å². The fourth-order valence-electron chi connectivity index (χ4n) is 3.46. The van der Waals surface area contributed by atoms with E-state index in [9.17, 15) is 9.59 Å². The molecule has 0 aromatic heterocycles. The number of ether oxygens (including phenoxy) is 2. The Morgan fingerprint density at radius 2 is 1.84 bits per heavy atom. The van der Waals surface area contributed by atoms with E-state index >= 15 is 0 Å². The Balaban J connectivity index is 1.80. The molecule has 0 radical (unpaired) electrons. The lowest BCUT2D eigenvalue weighted by Crippen LogP contribution is -2.29. The standard InChI is InChI=1S/C15H20O4/c1-3-14(16)18-6-5-11-7-10-8-12(11)13(9-10)19-15(17)4-2/h3-4,10-13H,1-2,5-9H2. The minimum atomic E-state index is -0.377. The second kappa shape index (κ2) is 6.04. The highest BCUT2D eigenvalue weighted by molar-refractivity contribution is 5.81. The number of esters is 2. The number of carbonyl (C=O) groups excluding carboxylic acids is 2. The maximum absolute atomic E-state index is 11.3. The summed E-state index contributed by atoms with van der Waals surface area (Å²) in [6.45, 7) is 7.20. The molecule has 0 saturated heterocycles. The quantitative estimate of drug-likeness (QED) is 0.545. The van der Waals surface area contributed by atoms with Crippen LogP contribution in [0.15, 0.2) is 25.3 Å². The molecule has 0 heterocycles. The molecule has 2 saturated carbocycles. The molecule has 4 nitrogen and oxygen atoms in total. The first-order valence-electron chi connectivity index (χ1n) is 6.76. The average Bonchev–Trinajstić information content (AvgIpc) is 2.97. The first kappa shape index (κ1) is 13.8. The third-order valence-corrected chi connectivity index (χ3v) is 4.22. The van der Waals surface area contributed by atoms with E-state index in [2.05, 4.69) is 13.2 Å². The SMILES string of the molecule is C=CC(=O)OCCC1CC2CC(OC(=O)C=C)C1C2. The normalized spacial score (nSPS) is 31.8. The summed E-state index contributed by atoms with van der Waals surface area (Å²) in [7, 11) is 0. The van der Waals surface area contributed by atoms with Gasteiger partial charge in [0.2, 0.25) is 0 Å². The van der Waals surface area contributed by atoms with Crippen LogP contribution in [0.3, 0.4) is 0 Å². The van der Waals surface area contributed by atoms with Crippen LogP contribution < -0.4 is 0 Å². The maximum Gasteiger partial charge on any atom is 0.330 e. The number of rotatable bonds is 6. The fourth-order valence-corrected chi connectivity index (χ4v) is 3.46. The van der Waals surface area contributed by atoms with Gasteiger partial charge in [0.25, 0.3) is 0 Å². The van der Waals surface area contributed by atoms with Crippen molar-refractivity contribution in [1.29, 1.82) is 0 Å². The van der Waals surface area contributed by atoms with Gasteiger partial charge >= 0.3 is 11.9 Å². The van der Waals surface area contributed by atoms with E-state index in [0.717, 1.165) is 25.7 Å². The average molecular weight is 264 g/mol. The van der Waals surface area contributed by atoms with Crippen LogP contribution in [-0.4, -0.2) is 24.6 Å². The Hall–Kier alpha value is -1.58. The lowest BCUT2D eigenvalue weighted by molar-refractivity contribution is -0.146. The van der Waals surface area contributed by atoms with Gasteiger partial charge in [-0.2, -0.15) is 0 Å². The van der Waals surface area contributed by atoms with E-state index in [1.807, 2.05) is 0 Å². The van der Waals surface area contributed by atoms with Gasteiger partial charge in [-0.05, 0) is 43.4 Å². The molecule has 2 aliphatic carbocycles. The summed E-state index contributed by atoms with van der Waals surface area (Å²) in [5, 5.41) is 0. The molecule has 2 bridgehead atoms. The Morgan fingerprint density at radius 3 is 2.47 bits per heavy atom. The predicted octanol–water partition coefficient (Wildman–Crippen LogP) is 2.25. The predicted molar refractivity (Wildman–Crippen MR) is 70.2 cm³/mol. The number of fused-ring (bicyclic) bond motifs is 2. The minimum Gasteiger partial charge on any atom is -0.463 e. The molecule has 4 atom stereocenters. The van der Waals surface area contributed by atoms with Gasteiger partial charge in [0.15, 0.2) is 0 Å². The van der Waals surface area contributed by atoms with Crippen molar-refractivity contribution in [2.24, 2.45) is 17.8 Å². The van der Waals surface area contributed by atoms with Crippen molar-refractivity contribution < 1.29 is 19.1 Å². The molecule has 0 aromatic rings. The zero-order valence-corrected chi connectivity index (χ0v) is 11.0. The van der Waals surface area contributed by atoms with Crippen LogP contribution in [0.5, 0.6) is 0 Å². The summed E-state index contributed by atoms with van der Waals surface area (Å²) in [6.07, 6.45) is 6.48. The molecule has 0 aliphatic heterocycles. The molecule has 19 heavy (non-hydrogen) atoms. The van der Waals surface area contributed by atoms with Crippen LogP contribution in [-0.2, 0) is 19.1 Å². The fraction of sp³-hybridized carbons (Fsp3) is 0.600. The third-order valence-electron chi connectivity index (χ3n) is 4.22. The molecule has 0 spiro atoms. The lowest BCUT2D eigenvalue weighted by atomic mass is 9.84. The molecule has 2 rings (SSSR count). The van der Waals surface area contributed by atoms with Crippen LogP contribution in [0.1, 0.15) is 25.7 Å². The highest BCUT2D eigenvalue weighted by atomic mass is 16.5. The van der Waals surface area contributed by atoms with E-state index in [1.54, 1.807) is 0 Å². The van der Waals surface area contributed by atoms with E-state index < -0.39 is 0 Å². The van der Waals surface area contributed by atoms with Crippen molar-refractivity contribution in [2.45, 2.75) is 31.8 Å². The first-order valence-corrected chi connectivity index (χ1v) is 6.76. The molecule has 0 aromatic carbocycles. The number of hydrogen-bond donors (Lipinski definition) is 0. The molecule has 2 aliphatic rings. The molecule has 104 valence electrons. The summed E-state index contributed by atoms with van der Waals surface area (Å²) in [4.78, 5) is 22.2. The van der Waals surface area contributed by atoms with Crippen molar-refractivity contribution >= 4 is 11.9 Å². The van der Waals surface area contributed by atoms with Crippen molar-refractivity contribution in [2.75, 3.05) is 6.61 Å². The van der Waals surface area contributed by atoms with Crippen LogP contribution in [0.2, 0.25) is 0 Å². The van der Waals surface area contributed by atoms with E-state index in [1.165, 1.54) is 12.2 Å². The van der Waals surface area contributed by atoms with Gasteiger partial charge in [-0.1, -0.05) is 13.2 Å². The summed E-state index contributed by atoms with van der Waals surface area (Å²) in [5.41, 5.74) is 0. The highest BCUT2D eigenvalue weighted by Gasteiger charge is 2.47. The second-order valence-electron chi connectivity index (χ2n) is 5.34. The van der Waals surface area contributed by atoms with Crippen LogP contribution in [0, 0.1) is 17.8 Å². The number of hydrogen-bond acceptors (Lipinski definition) is 4. The smallest absolute Gasteiger partial charge is 0.330 e. The Morgan fingerprint density at radius 1 is 1.11 bits per heavy atom.